The summed E-state index contributed by atoms with van der Waals surface area (Å²) in [7, 11) is 1.56. The van der Waals surface area contributed by atoms with Crippen molar-refractivity contribution < 1.29 is 28.2 Å². The van der Waals surface area contributed by atoms with E-state index in [0.29, 0.717) is 41.7 Å². The van der Waals surface area contributed by atoms with E-state index in [1.54, 1.807) is 7.11 Å². The predicted octanol–water partition coefficient (Wildman–Crippen LogP) is 3.81. The van der Waals surface area contributed by atoms with E-state index in [1.807, 2.05) is 55.5 Å². The Balaban J connectivity index is 1.40. The zero-order valence-corrected chi connectivity index (χ0v) is 17.2. The van der Waals surface area contributed by atoms with Crippen molar-refractivity contribution in [3.05, 3.63) is 65.5 Å². The number of oxazole rings is 1. The number of imide groups is 1. The molecule has 0 spiro atoms. The van der Waals surface area contributed by atoms with Gasteiger partial charge in [0.15, 0.2) is 17.6 Å². The summed E-state index contributed by atoms with van der Waals surface area (Å²) in [5.41, 5.74) is 2.54. The van der Waals surface area contributed by atoms with Crippen LogP contribution in [0.5, 0.6) is 11.5 Å². The minimum atomic E-state index is -0.761. The van der Waals surface area contributed by atoms with Crippen LogP contribution in [0, 0.1) is 6.92 Å². The minimum absolute atomic E-state index is 0.232. The van der Waals surface area contributed by atoms with Crippen molar-refractivity contribution >= 4 is 12.0 Å². The lowest BCUT2D eigenvalue weighted by molar-refractivity contribution is -0.123. The van der Waals surface area contributed by atoms with Crippen molar-refractivity contribution in [2.75, 3.05) is 7.11 Å². The van der Waals surface area contributed by atoms with Crippen molar-refractivity contribution in [3.63, 3.8) is 0 Å². The third kappa shape index (κ3) is 4.69. The Bertz CT molecular complexity index is 1090. The lowest BCUT2D eigenvalue weighted by Crippen LogP contribution is -2.24. The van der Waals surface area contributed by atoms with Crippen LogP contribution in [0.3, 0.4) is 0 Å². The summed E-state index contributed by atoms with van der Waals surface area (Å²) in [5, 5.41) is 2.13. The molecule has 1 aliphatic rings. The average molecular weight is 422 g/mol. The maximum atomic E-state index is 11.6. The van der Waals surface area contributed by atoms with Crippen LogP contribution < -0.4 is 14.8 Å². The molecule has 1 unspecified atom stereocenters. The van der Waals surface area contributed by atoms with Crippen LogP contribution in [-0.4, -0.2) is 30.2 Å². The highest BCUT2D eigenvalue weighted by Gasteiger charge is 2.31. The Hall–Kier alpha value is -3.81. The van der Waals surface area contributed by atoms with Gasteiger partial charge in [-0.2, -0.15) is 0 Å². The van der Waals surface area contributed by atoms with Gasteiger partial charge in [0.25, 0.3) is 5.91 Å². The molecular formula is C23H22N2O6. The number of carbonyl (C=O) groups excluding carboxylic acids is 2. The first kappa shape index (κ1) is 20.5. The lowest BCUT2D eigenvalue weighted by atomic mass is 10.1. The number of hydrogen-bond acceptors (Lipinski definition) is 7. The van der Waals surface area contributed by atoms with Crippen molar-refractivity contribution in [1.82, 2.24) is 10.3 Å². The van der Waals surface area contributed by atoms with E-state index in [0.717, 1.165) is 11.1 Å². The Morgan fingerprint density at radius 3 is 2.61 bits per heavy atom. The van der Waals surface area contributed by atoms with Gasteiger partial charge in [-0.15, -0.1) is 0 Å². The molecule has 0 radical (unpaired) electrons. The number of amides is 2. The highest BCUT2D eigenvalue weighted by atomic mass is 16.6. The highest BCUT2D eigenvalue weighted by molar-refractivity contribution is 5.99. The van der Waals surface area contributed by atoms with Crippen LogP contribution in [0.15, 0.2) is 52.9 Å². The van der Waals surface area contributed by atoms with Crippen molar-refractivity contribution in [2.45, 2.75) is 32.5 Å². The summed E-state index contributed by atoms with van der Waals surface area (Å²) in [6.45, 7) is 2.08. The predicted molar refractivity (Wildman–Crippen MR) is 111 cm³/mol. The molecule has 1 saturated heterocycles. The summed E-state index contributed by atoms with van der Waals surface area (Å²) in [4.78, 5) is 27.3. The van der Waals surface area contributed by atoms with Crippen LogP contribution in [-0.2, 0) is 22.6 Å². The standard InChI is InChI=1S/C23H22N2O6/c1-14-17(24-22(30-14)16-6-4-3-5-7-16)13-29-18-10-8-15(12-20(18)28-2)9-11-19-21(26)25-23(27)31-19/h3-8,10,12,19H,9,11,13H2,1-2H3,(H,25,26,27). The number of alkyl carbamates (subject to hydrolysis) is 1. The number of aromatic nitrogens is 1. The molecule has 1 aliphatic heterocycles. The monoisotopic (exact) mass is 422 g/mol. The first-order chi connectivity index (χ1) is 15.0. The molecule has 8 nitrogen and oxygen atoms in total. The number of benzene rings is 2. The molecule has 2 heterocycles. The lowest BCUT2D eigenvalue weighted by Gasteiger charge is -2.12. The van der Waals surface area contributed by atoms with Crippen molar-refractivity contribution in [1.29, 1.82) is 0 Å². The maximum absolute atomic E-state index is 11.6. The molecule has 31 heavy (non-hydrogen) atoms. The quantitative estimate of drug-likeness (QED) is 0.589. The molecular weight excluding hydrogens is 400 g/mol. The Labute approximate surface area is 179 Å². The molecule has 160 valence electrons. The van der Waals surface area contributed by atoms with Crippen LogP contribution in [0.1, 0.15) is 23.4 Å². The van der Waals surface area contributed by atoms with E-state index >= 15 is 0 Å². The Morgan fingerprint density at radius 2 is 1.90 bits per heavy atom. The van der Waals surface area contributed by atoms with Gasteiger partial charge in [0.05, 0.1) is 7.11 Å². The highest BCUT2D eigenvalue weighted by Crippen LogP contribution is 2.30. The fourth-order valence-corrected chi connectivity index (χ4v) is 3.28. The molecule has 1 atom stereocenters. The van der Waals surface area contributed by atoms with Gasteiger partial charge in [0.1, 0.15) is 18.1 Å². The number of ether oxygens (including phenoxy) is 3. The maximum Gasteiger partial charge on any atom is 0.414 e. The number of nitrogens with one attached hydrogen (secondary N) is 1. The fourth-order valence-electron chi connectivity index (χ4n) is 3.28. The van der Waals surface area contributed by atoms with Gasteiger partial charge in [-0.1, -0.05) is 24.3 Å². The molecule has 2 aromatic carbocycles. The van der Waals surface area contributed by atoms with Crippen molar-refractivity contribution in [3.8, 4) is 23.0 Å². The second-order valence-electron chi connectivity index (χ2n) is 7.08. The van der Waals surface area contributed by atoms with Crippen LogP contribution in [0.2, 0.25) is 0 Å². The zero-order valence-electron chi connectivity index (χ0n) is 17.2. The molecule has 1 N–H and O–H groups in total. The molecule has 1 fully saturated rings. The summed E-state index contributed by atoms with van der Waals surface area (Å²) in [6.07, 6.45) is -0.523. The zero-order chi connectivity index (χ0) is 21.8. The molecule has 0 aliphatic carbocycles. The molecule has 0 bridgehead atoms. The van der Waals surface area contributed by atoms with E-state index in [4.69, 9.17) is 18.6 Å². The number of cyclic esters (lactones) is 1. The van der Waals surface area contributed by atoms with Gasteiger partial charge in [-0.3, -0.25) is 10.1 Å². The van der Waals surface area contributed by atoms with Gasteiger partial charge >= 0.3 is 6.09 Å². The van der Waals surface area contributed by atoms with E-state index in [2.05, 4.69) is 10.3 Å². The van der Waals surface area contributed by atoms with Crippen LogP contribution in [0.4, 0.5) is 4.79 Å². The summed E-state index contributed by atoms with van der Waals surface area (Å²) < 4.78 is 22.1. The molecule has 3 aromatic rings. The number of aryl methyl sites for hydroxylation is 2. The third-order valence-electron chi connectivity index (χ3n) is 4.97. The second kappa shape index (κ2) is 8.91. The third-order valence-corrected chi connectivity index (χ3v) is 4.97. The molecule has 1 aromatic heterocycles. The van der Waals surface area contributed by atoms with E-state index < -0.39 is 18.1 Å². The number of methoxy groups -OCH3 is 1. The average Bonchev–Trinajstić information content (AvgIpc) is 3.32. The van der Waals surface area contributed by atoms with Gasteiger partial charge in [-0.05, 0) is 49.6 Å². The molecule has 4 rings (SSSR count). The topological polar surface area (TPSA) is 99.9 Å². The van der Waals surface area contributed by atoms with E-state index in [9.17, 15) is 9.59 Å². The van der Waals surface area contributed by atoms with E-state index in [-0.39, 0.29) is 6.61 Å². The first-order valence-corrected chi connectivity index (χ1v) is 9.86. The molecule has 8 heteroatoms. The second-order valence-corrected chi connectivity index (χ2v) is 7.08. The smallest absolute Gasteiger partial charge is 0.414 e. The fraction of sp³-hybridized carbons (Fsp3) is 0.261. The Morgan fingerprint density at radius 1 is 1.10 bits per heavy atom. The Kier molecular flexibility index (Phi) is 5.88. The minimum Gasteiger partial charge on any atom is -0.493 e. The summed E-state index contributed by atoms with van der Waals surface area (Å²) in [5.74, 6) is 1.97. The van der Waals surface area contributed by atoms with Gasteiger partial charge < -0.3 is 18.6 Å². The van der Waals surface area contributed by atoms with E-state index in [1.165, 1.54) is 0 Å². The largest absolute Gasteiger partial charge is 0.493 e. The van der Waals surface area contributed by atoms with Crippen LogP contribution in [0.25, 0.3) is 11.5 Å². The molecule has 0 saturated carbocycles. The number of nitrogens with zero attached hydrogens (tertiary/aromatic N) is 1. The summed E-state index contributed by atoms with van der Waals surface area (Å²) >= 11 is 0. The summed E-state index contributed by atoms with van der Waals surface area (Å²) in [6, 6.07) is 15.2. The van der Waals surface area contributed by atoms with Crippen molar-refractivity contribution in [2.24, 2.45) is 0 Å². The SMILES string of the molecule is COc1cc(CCC2OC(=O)NC2=O)ccc1OCc1nc(-c2ccccc2)oc1C. The van der Waals surface area contributed by atoms with Gasteiger partial charge in [0, 0.05) is 5.56 Å². The number of hydrogen-bond donors (Lipinski definition) is 1. The normalized spacial score (nSPS) is 15.5. The van der Waals surface area contributed by atoms with Crippen LogP contribution >= 0.6 is 0 Å². The molecule has 2 amide bonds. The number of carbonyl (C=O) groups is 2. The van der Waals surface area contributed by atoms with Gasteiger partial charge in [-0.25, -0.2) is 9.78 Å². The van der Waals surface area contributed by atoms with Gasteiger partial charge in [0.2, 0.25) is 5.89 Å². The number of rotatable bonds is 8. The first-order valence-electron chi connectivity index (χ1n) is 9.86.